The standard InChI is InChI=1S/C18H23N5O2/c1-11(2)6-14(10-24)20-18-21-15(17(25)22-18)8-12-4-5-16-13(7-12)9-19-23(16)3/h4-5,7-9,11,14,24H,6,10H2,1-3H3,(H2,20,21,22,25)/b15-8-. The summed E-state index contributed by atoms with van der Waals surface area (Å²) in [6, 6.07) is 5.67. The maximum absolute atomic E-state index is 12.1. The summed E-state index contributed by atoms with van der Waals surface area (Å²) < 4.78 is 1.81. The van der Waals surface area contributed by atoms with Crippen LogP contribution in [0, 0.1) is 5.92 Å². The van der Waals surface area contributed by atoms with E-state index < -0.39 is 0 Å². The van der Waals surface area contributed by atoms with Gasteiger partial charge in [-0.1, -0.05) is 19.9 Å². The molecule has 1 unspecified atom stereocenters. The van der Waals surface area contributed by atoms with Crippen molar-refractivity contribution in [2.75, 3.05) is 6.61 Å². The minimum Gasteiger partial charge on any atom is -0.394 e. The van der Waals surface area contributed by atoms with Crippen LogP contribution in [0.25, 0.3) is 17.0 Å². The Kier molecular flexibility index (Phi) is 4.85. The van der Waals surface area contributed by atoms with E-state index in [0.29, 0.717) is 17.6 Å². The topological polar surface area (TPSA) is 91.5 Å². The number of nitrogens with zero attached hydrogens (tertiary/aromatic N) is 3. The van der Waals surface area contributed by atoms with Gasteiger partial charge in [-0.25, -0.2) is 4.99 Å². The number of amides is 1. The van der Waals surface area contributed by atoms with Crippen LogP contribution in [0.4, 0.5) is 0 Å². The number of hydrogen-bond donors (Lipinski definition) is 3. The van der Waals surface area contributed by atoms with Gasteiger partial charge in [0.1, 0.15) is 5.70 Å². The van der Waals surface area contributed by atoms with Crippen LogP contribution >= 0.6 is 0 Å². The van der Waals surface area contributed by atoms with Gasteiger partial charge in [0, 0.05) is 12.4 Å². The number of aliphatic hydroxyl groups excluding tert-OH is 1. The van der Waals surface area contributed by atoms with Crippen LogP contribution in [-0.2, 0) is 11.8 Å². The molecule has 0 spiro atoms. The Morgan fingerprint density at radius 1 is 1.36 bits per heavy atom. The van der Waals surface area contributed by atoms with Crippen molar-refractivity contribution in [3.05, 3.63) is 35.7 Å². The number of guanidine groups is 1. The van der Waals surface area contributed by atoms with Crippen LogP contribution in [0.3, 0.4) is 0 Å². The zero-order chi connectivity index (χ0) is 18.0. The SMILES string of the molecule is CC(C)CC(CO)N=C1NC(=O)/C(=C/c2ccc3c(cnn3C)c2)N1. The lowest BCUT2D eigenvalue weighted by atomic mass is 10.1. The predicted octanol–water partition coefficient (Wildman–Crippen LogP) is 1.40. The molecule has 0 saturated carbocycles. The summed E-state index contributed by atoms with van der Waals surface area (Å²) in [7, 11) is 1.89. The number of fused-ring (bicyclic) bond motifs is 1. The fraction of sp³-hybridized carbons (Fsp3) is 0.389. The molecular weight excluding hydrogens is 318 g/mol. The highest BCUT2D eigenvalue weighted by molar-refractivity contribution is 6.15. The third-order valence-corrected chi connectivity index (χ3v) is 4.08. The summed E-state index contributed by atoms with van der Waals surface area (Å²) in [4.78, 5) is 16.5. The molecule has 1 fully saturated rings. The zero-order valence-corrected chi connectivity index (χ0v) is 14.7. The normalized spacial score (nSPS) is 19.0. The third-order valence-electron chi connectivity index (χ3n) is 4.08. The number of nitrogens with one attached hydrogen (secondary N) is 2. The molecule has 1 aliphatic heterocycles. The summed E-state index contributed by atoms with van der Waals surface area (Å²) in [5, 5.41) is 20.4. The molecule has 0 bridgehead atoms. The lowest BCUT2D eigenvalue weighted by molar-refractivity contribution is -0.115. The number of carbonyl (C=O) groups excluding carboxylic acids is 1. The molecule has 7 nitrogen and oxygen atoms in total. The average molecular weight is 341 g/mol. The van der Waals surface area contributed by atoms with Crippen LogP contribution in [0.5, 0.6) is 0 Å². The minimum absolute atomic E-state index is 0.0457. The van der Waals surface area contributed by atoms with Crippen molar-refractivity contribution in [2.24, 2.45) is 18.0 Å². The molecule has 0 radical (unpaired) electrons. The molecule has 1 aromatic heterocycles. The Morgan fingerprint density at radius 2 is 2.16 bits per heavy atom. The van der Waals surface area contributed by atoms with E-state index in [1.54, 1.807) is 17.0 Å². The van der Waals surface area contributed by atoms with Crippen molar-refractivity contribution in [2.45, 2.75) is 26.3 Å². The van der Waals surface area contributed by atoms with Crippen LogP contribution < -0.4 is 10.6 Å². The molecule has 1 amide bonds. The lowest BCUT2D eigenvalue weighted by Crippen LogP contribution is -2.28. The van der Waals surface area contributed by atoms with E-state index in [4.69, 9.17) is 0 Å². The summed E-state index contributed by atoms with van der Waals surface area (Å²) in [5.74, 6) is 0.574. The third kappa shape index (κ3) is 3.88. The van der Waals surface area contributed by atoms with E-state index in [1.165, 1.54) is 0 Å². The second-order valence-electron chi connectivity index (χ2n) is 6.67. The Bertz CT molecular complexity index is 850. The first-order valence-electron chi connectivity index (χ1n) is 8.36. The molecule has 25 heavy (non-hydrogen) atoms. The van der Waals surface area contributed by atoms with Gasteiger partial charge in [-0.3, -0.25) is 14.8 Å². The summed E-state index contributed by atoms with van der Waals surface area (Å²) in [6.07, 6.45) is 4.33. The quantitative estimate of drug-likeness (QED) is 0.717. The van der Waals surface area contributed by atoms with Crippen LogP contribution in [0.2, 0.25) is 0 Å². The number of carbonyl (C=O) groups is 1. The van der Waals surface area contributed by atoms with E-state index in [0.717, 1.165) is 22.9 Å². The first-order chi connectivity index (χ1) is 12.0. The van der Waals surface area contributed by atoms with E-state index in [2.05, 4.69) is 34.6 Å². The second kappa shape index (κ2) is 7.06. The molecule has 2 aromatic rings. The maximum atomic E-state index is 12.1. The maximum Gasteiger partial charge on any atom is 0.274 e. The predicted molar refractivity (Wildman–Crippen MR) is 97.7 cm³/mol. The second-order valence-corrected chi connectivity index (χ2v) is 6.67. The Hall–Kier alpha value is -2.67. The largest absolute Gasteiger partial charge is 0.394 e. The molecule has 132 valence electrons. The van der Waals surface area contributed by atoms with E-state index in [9.17, 15) is 9.90 Å². The highest BCUT2D eigenvalue weighted by Crippen LogP contribution is 2.17. The van der Waals surface area contributed by atoms with Crippen molar-refractivity contribution in [3.63, 3.8) is 0 Å². The van der Waals surface area contributed by atoms with Gasteiger partial charge in [0.2, 0.25) is 5.96 Å². The summed E-state index contributed by atoms with van der Waals surface area (Å²) in [5.41, 5.74) is 2.37. The first-order valence-corrected chi connectivity index (χ1v) is 8.36. The van der Waals surface area contributed by atoms with Crippen molar-refractivity contribution in [3.8, 4) is 0 Å². The number of aryl methyl sites for hydroxylation is 1. The van der Waals surface area contributed by atoms with E-state index >= 15 is 0 Å². The number of aliphatic hydroxyl groups is 1. The average Bonchev–Trinajstić information content (AvgIpc) is 3.09. The highest BCUT2D eigenvalue weighted by atomic mass is 16.3. The van der Waals surface area contributed by atoms with Crippen molar-refractivity contribution < 1.29 is 9.90 Å². The fourth-order valence-corrected chi connectivity index (χ4v) is 2.89. The molecule has 3 rings (SSSR count). The van der Waals surface area contributed by atoms with Crippen LogP contribution in [0.15, 0.2) is 35.1 Å². The molecule has 1 saturated heterocycles. The van der Waals surface area contributed by atoms with E-state index in [-0.39, 0.29) is 18.6 Å². The van der Waals surface area contributed by atoms with Gasteiger partial charge in [-0.15, -0.1) is 0 Å². The molecule has 3 N–H and O–H groups in total. The van der Waals surface area contributed by atoms with Gasteiger partial charge in [0.25, 0.3) is 5.91 Å². The highest BCUT2D eigenvalue weighted by Gasteiger charge is 2.23. The molecule has 7 heteroatoms. The molecular formula is C18H23N5O2. The van der Waals surface area contributed by atoms with Crippen LogP contribution in [-0.4, -0.2) is 39.4 Å². The number of benzene rings is 1. The Labute approximate surface area is 146 Å². The smallest absolute Gasteiger partial charge is 0.274 e. The van der Waals surface area contributed by atoms with Crippen LogP contribution in [0.1, 0.15) is 25.8 Å². The van der Waals surface area contributed by atoms with Crippen molar-refractivity contribution in [1.29, 1.82) is 0 Å². The number of aliphatic imine (C=N–C) groups is 1. The Morgan fingerprint density at radius 3 is 2.88 bits per heavy atom. The van der Waals surface area contributed by atoms with Gasteiger partial charge in [0.15, 0.2) is 0 Å². The molecule has 1 atom stereocenters. The molecule has 1 aliphatic rings. The zero-order valence-electron chi connectivity index (χ0n) is 14.7. The van der Waals surface area contributed by atoms with Gasteiger partial charge in [-0.2, -0.15) is 5.10 Å². The van der Waals surface area contributed by atoms with Gasteiger partial charge < -0.3 is 10.4 Å². The fourth-order valence-electron chi connectivity index (χ4n) is 2.89. The molecule has 0 aliphatic carbocycles. The van der Waals surface area contributed by atoms with Gasteiger partial charge in [0.05, 0.1) is 24.4 Å². The summed E-state index contributed by atoms with van der Waals surface area (Å²) in [6.45, 7) is 4.10. The number of rotatable bonds is 5. The molecule has 2 heterocycles. The van der Waals surface area contributed by atoms with E-state index in [1.807, 2.05) is 25.2 Å². The van der Waals surface area contributed by atoms with Gasteiger partial charge in [-0.05, 0) is 36.1 Å². The monoisotopic (exact) mass is 341 g/mol. The number of hydrogen-bond acceptors (Lipinski definition) is 4. The molecule has 1 aromatic carbocycles. The first kappa shape index (κ1) is 17.2. The summed E-state index contributed by atoms with van der Waals surface area (Å²) >= 11 is 0. The van der Waals surface area contributed by atoms with Crippen molar-refractivity contribution in [1.82, 2.24) is 20.4 Å². The Balaban J connectivity index is 1.80. The lowest BCUT2D eigenvalue weighted by Gasteiger charge is -2.12. The minimum atomic E-state index is -0.230. The number of aromatic nitrogens is 2. The van der Waals surface area contributed by atoms with Crippen molar-refractivity contribution >= 4 is 28.8 Å². The van der Waals surface area contributed by atoms with Gasteiger partial charge >= 0.3 is 0 Å².